The van der Waals surface area contributed by atoms with Crippen LogP contribution in [-0.2, 0) is 11.2 Å². The molecule has 1 N–H and O–H groups in total. The lowest BCUT2D eigenvalue weighted by Crippen LogP contribution is -2.29. The first-order chi connectivity index (χ1) is 13.8. The number of pyridine rings is 1. The Kier molecular flexibility index (Phi) is 5.97. The Morgan fingerprint density at radius 3 is 2.82 bits per heavy atom. The summed E-state index contributed by atoms with van der Waals surface area (Å²) < 4.78 is 0. The number of nitrogens with one attached hydrogen (secondary N) is 1. The van der Waals surface area contributed by atoms with Gasteiger partial charge in [-0.05, 0) is 56.0 Å². The zero-order chi connectivity index (χ0) is 19.2. The van der Waals surface area contributed by atoms with Crippen LogP contribution in [0.15, 0.2) is 54.0 Å². The molecule has 1 aliphatic heterocycles. The van der Waals surface area contributed by atoms with Gasteiger partial charge in [-0.2, -0.15) is 0 Å². The summed E-state index contributed by atoms with van der Waals surface area (Å²) in [6.07, 6.45) is 6.60. The number of benzene rings is 1. The third-order valence-corrected chi connectivity index (χ3v) is 5.81. The average Bonchev–Trinajstić information content (AvgIpc) is 3.23. The molecular weight excluding hydrogens is 368 g/mol. The van der Waals surface area contributed by atoms with Crippen LogP contribution in [-0.4, -0.2) is 29.0 Å². The van der Waals surface area contributed by atoms with Crippen LogP contribution in [0.1, 0.15) is 31.4 Å². The minimum Gasteiger partial charge on any atom is -0.371 e. The molecule has 0 radical (unpaired) electrons. The number of thiazole rings is 1. The Labute approximate surface area is 169 Å². The summed E-state index contributed by atoms with van der Waals surface area (Å²) in [6.45, 7) is 2.19. The van der Waals surface area contributed by atoms with E-state index in [4.69, 9.17) is 0 Å². The molecule has 3 aromatic rings. The summed E-state index contributed by atoms with van der Waals surface area (Å²) in [5.41, 5.74) is 3.86. The fraction of sp³-hybridized carbons (Fsp3) is 0.318. The monoisotopic (exact) mass is 392 g/mol. The third kappa shape index (κ3) is 4.75. The second kappa shape index (κ2) is 8.97. The molecule has 0 unspecified atom stereocenters. The van der Waals surface area contributed by atoms with Crippen molar-refractivity contribution in [2.45, 2.75) is 32.1 Å². The lowest BCUT2D eigenvalue weighted by atomic mass is 10.1. The molecule has 1 saturated heterocycles. The van der Waals surface area contributed by atoms with Gasteiger partial charge in [0.25, 0.3) is 0 Å². The Balaban J connectivity index is 1.32. The minimum atomic E-state index is 0.0168. The van der Waals surface area contributed by atoms with Gasteiger partial charge in [0.2, 0.25) is 5.91 Å². The van der Waals surface area contributed by atoms with E-state index in [1.54, 1.807) is 17.5 Å². The molecule has 1 amide bonds. The van der Waals surface area contributed by atoms with Gasteiger partial charge < -0.3 is 10.2 Å². The number of hydrogen-bond acceptors (Lipinski definition) is 5. The molecule has 0 saturated carbocycles. The van der Waals surface area contributed by atoms with E-state index >= 15 is 0 Å². The molecule has 1 aliphatic rings. The molecule has 0 aliphatic carbocycles. The lowest BCUT2D eigenvalue weighted by molar-refractivity contribution is -0.116. The molecule has 0 bridgehead atoms. The van der Waals surface area contributed by atoms with Crippen molar-refractivity contribution in [3.63, 3.8) is 0 Å². The lowest BCUT2D eigenvalue weighted by Gasteiger charge is -2.29. The van der Waals surface area contributed by atoms with E-state index < -0.39 is 0 Å². The highest BCUT2D eigenvalue weighted by Crippen LogP contribution is 2.24. The number of aryl methyl sites for hydroxylation is 1. The predicted octanol–water partition coefficient (Wildman–Crippen LogP) is 4.77. The molecule has 0 atom stereocenters. The number of aromatic nitrogens is 2. The van der Waals surface area contributed by atoms with Crippen LogP contribution < -0.4 is 10.2 Å². The van der Waals surface area contributed by atoms with E-state index in [0.29, 0.717) is 12.8 Å². The number of hydrogen-bond donors (Lipinski definition) is 1. The van der Waals surface area contributed by atoms with E-state index in [1.165, 1.54) is 24.9 Å². The largest absolute Gasteiger partial charge is 0.371 e. The first kappa shape index (κ1) is 18.6. The molecule has 2 aromatic heterocycles. The molecule has 6 heteroatoms. The van der Waals surface area contributed by atoms with E-state index in [9.17, 15) is 4.79 Å². The fourth-order valence-electron chi connectivity index (χ4n) is 3.43. The van der Waals surface area contributed by atoms with Gasteiger partial charge in [-0.1, -0.05) is 12.1 Å². The van der Waals surface area contributed by atoms with Crippen LogP contribution in [0, 0.1) is 0 Å². The van der Waals surface area contributed by atoms with E-state index in [1.807, 2.05) is 35.7 Å². The first-order valence-corrected chi connectivity index (χ1v) is 10.7. The van der Waals surface area contributed by atoms with Gasteiger partial charge in [0.1, 0.15) is 5.01 Å². The molecule has 28 heavy (non-hydrogen) atoms. The molecule has 3 heterocycles. The van der Waals surface area contributed by atoms with E-state index in [2.05, 4.69) is 32.3 Å². The summed E-state index contributed by atoms with van der Waals surface area (Å²) in [4.78, 5) is 23.7. The summed E-state index contributed by atoms with van der Waals surface area (Å²) in [5.74, 6) is 0.0168. The number of nitrogens with zero attached hydrogens (tertiary/aromatic N) is 3. The second-order valence-corrected chi connectivity index (χ2v) is 7.86. The first-order valence-electron chi connectivity index (χ1n) is 9.78. The van der Waals surface area contributed by atoms with Crippen LogP contribution in [0.4, 0.5) is 11.4 Å². The number of carbonyl (C=O) groups excluding carboxylic acids is 1. The molecular formula is C22H24N4OS. The van der Waals surface area contributed by atoms with Gasteiger partial charge in [0.05, 0.1) is 11.4 Å². The Bertz CT molecular complexity index is 919. The summed E-state index contributed by atoms with van der Waals surface area (Å²) in [5, 5.41) is 5.93. The number of amides is 1. The zero-order valence-electron chi connectivity index (χ0n) is 15.8. The fourth-order valence-corrected chi connectivity index (χ4v) is 4.26. The predicted molar refractivity (Wildman–Crippen MR) is 115 cm³/mol. The van der Waals surface area contributed by atoms with Crippen LogP contribution >= 0.6 is 11.3 Å². The van der Waals surface area contributed by atoms with Gasteiger partial charge in [-0.15, -0.1) is 11.3 Å². The van der Waals surface area contributed by atoms with Gasteiger partial charge in [0.15, 0.2) is 0 Å². The molecule has 144 valence electrons. The minimum absolute atomic E-state index is 0.0168. The summed E-state index contributed by atoms with van der Waals surface area (Å²) in [6, 6.07) is 14.0. The van der Waals surface area contributed by atoms with E-state index in [-0.39, 0.29) is 5.91 Å². The van der Waals surface area contributed by atoms with Crippen LogP contribution in [0.25, 0.3) is 10.7 Å². The smallest absolute Gasteiger partial charge is 0.224 e. The van der Waals surface area contributed by atoms with E-state index in [0.717, 1.165) is 35.2 Å². The second-order valence-electron chi connectivity index (χ2n) is 7.01. The van der Waals surface area contributed by atoms with Gasteiger partial charge in [-0.3, -0.25) is 9.78 Å². The van der Waals surface area contributed by atoms with Crippen LogP contribution in [0.3, 0.4) is 0 Å². The Hall–Kier alpha value is -2.73. The van der Waals surface area contributed by atoms with Crippen molar-refractivity contribution in [3.8, 4) is 10.7 Å². The Morgan fingerprint density at radius 2 is 2.00 bits per heavy atom. The highest BCUT2D eigenvalue weighted by atomic mass is 32.1. The third-order valence-electron chi connectivity index (χ3n) is 4.90. The standard InChI is InChI=1S/C22H24N4OS/c27-21(11-10-18-16-28-22(25-18)20-9-2-3-12-23-20)24-17-7-6-8-19(15-17)26-13-4-1-5-14-26/h2-3,6-9,12,15-16H,1,4-5,10-11,13-14H2,(H,24,27). The van der Waals surface area contributed by atoms with Gasteiger partial charge in [-0.25, -0.2) is 4.98 Å². The maximum Gasteiger partial charge on any atom is 0.224 e. The number of rotatable bonds is 6. The highest BCUT2D eigenvalue weighted by molar-refractivity contribution is 7.13. The van der Waals surface area contributed by atoms with Crippen molar-refractivity contribution in [1.82, 2.24) is 9.97 Å². The maximum atomic E-state index is 12.4. The van der Waals surface area contributed by atoms with Crippen molar-refractivity contribution in [1.29, 1.82) is 0 Å². The normalized spacial score (nSPS) is 14.1. The summed E-state index contributed by atoms with van der Waals surface area (Å²) in [7, 11) is 0. The van der Waals surface area contributed by atoms with Gasteiger partial charge in [0, 0.05) is 42.5 Å². The maximum absolute atomic E-state index is 12.4. The number of anilines is 2. The van der Waals surface area contributed by atoms with Crippen molar-refractivity contribution in [2.24, 2.45) is 0 Å². The molecule has 1 fully saturated rings. The molecule has 0 spiro atoms. The molecule has 1 aromatic carbocycles. The number of carbonyl (C=O) groups is 1. The molecule has 5 nitrogen and oxygen atoms in total. The highest BCUT2D eigenvalue weighted by Gasteiger charge is 2.12. The van der Waals surface area contributed by atoms with Crippen LogP contribution in [0.5, 0.6) is 0 Å². The SMILES string of the molecule is O=C(CCc1csc(-c2ccccn2)n1)Nc1cccc(N2CCCCC2)c1. The molecule has 4 rings (SSSR count). The van der Waals surface area contributed by atoms with Crippen molar-refractivity contribution in [2.75, 3.05) is 23.3 Å². The van der Waals surface area contributed by atoms with Crippen LogP contribution in [0.2, 0.25) is 0 Å². The number of piperidine rings is 1. The van der Waals surface area contributed by atoms with Crippen molar-refractivity contribution >= 4 is 28.6 Å². The summed E-state index contributed by atoms with van der Waals surface area (Å²) >= 11 is 1.57. The van der Waals surface area contributed by atoms with Crippen molar-refractivity contribution < 1.29 is 4.79 Å². The van der Waals surface area contributed by atoms with Crippen molar-refractivity contribution in [3.05, 3.63) is 59.7 Å². The quantitative estimate of drug-likeness (QED) is 0.657. The topological polar surface area (TPSA) is 58.1 Å². The Morgan fingerprint density at radius 1 is 1.11 bits per heavy atom. The zero-order valence-corrected chi connectivity index (χ0v) is 16.6. The average molecular weight is 393 g/mol. The van der Waals surface area contributed by atoms with Gasteiger partial charge >= 0.3 is 0 Å².